The molecule has 0 saturated carbocycles. The molecule has 1 aromatic rings. The number of amides is 1. The van der Waals surface area contributed by atoms with Gasteiger partial charge in [0.2, 0.25) is 5.41 Å². The molecule has 1 fully saturated rings. The zero-order valence-electron chi connectivity index (χ0n) is 18.6. The Bertz CT molecular complexity index is 862. The molecular formula is C24H29NO7. The average Bonchev–Trinajstić information content (AvgIpc) is 3.03. The molecule has 1 aliphatic rings. The maximum Gasteiger partial charge on any atom is 0.333 e. The van der Waals surface area contributed by atoms with Crippen molar-refractivity contribution in [1.82, 2.24) is 4.90 Å². The second kappa shape index (κ2) is 11.3. The van der Waals surface area contributed by atoms with E-state index in [0.29, 0.717) is 6.42 Å². The third kappa shape index (κ3) is 4.74. The topological polar surface area (TPSA) is 99.2 Å². The summed E-state index contributed by atoms with van der Waals surface area (Å²) in [6.45, 7) is 5.70. The molecule has 0 unspecified atom stereocenters. The van der Waals surface area contributed by atoms with Crippen LogP contribution < -0.4 is 0 Å². The molecule has 0 aliphatic carbocycles. The molecule has 0 aromatic heterocycles. The van der Waals surface area contributed by atoms with Gasteiger partial charge >= 0.3 is 17.9 Å². The normalized spacial score (nSPS) is 19.6. The van der Waals surface area contributed by atoms with Crippen molar-refractivity contribution in [2.75, 3.05) is 20.8 Å². The van der Waals surface area contributed by atoms with Crippen molar-refractivity contribution in [2.24, 2.45) is 11.3 Å². The van der Waals surface area contributed by atoms with Gasteiger partial charge in [0.1, 0.15) is 0 Å². The summed E-state index contributed by atoms with van der Waals surface area (Å²) in [7, 11) is 2.24. The molecule has 1 aromatic carbocycles. The van der Waals surface area contributed by atoms with Crippen molar-refractivity contribution >= 4 is 23.8 Å². The summed E-state index contributed by atoms with van der Waals surface area (Å²) in [4.78, 5) is 53.1. The lowest BCUT2D eigenvalue weighted by molar-refractivity contribution is -0.175. The summed E-state index contributed by atoms with van der Waals surface area (Å²) in [5.74, 6) is -4.15. The molecule has 0 radical (unpaired) electrons. The number of nitrogens with zero attached hydrogens (tertiary/aromatic N) is 1. The molecule has 1 heterocycles. The molecular weight excluding hydrogens is 414 g/mol. The fraction of sp³-hybridized carbons (Fsp3) is 0.417. The number of carbonyl (C=O) groups excluding carboxylic acids is 4. The van der Waals surface area contributed by atoms with Crippen LogP contribution in [-0.2, 0) is 39.9 Å². The molecule has 0 bridgehead atoms. The van der Waals surface area contributed by atoms with E-state index in [1.807, 2.05) is 30.3 Å². The van der Waals surface area contributed by atoms with E-state index in [1.165, 1.54) is 17.1 Å². The third-order valence-electron chi connectivity index (χ3n) is 5.53. The van der Waals surface area contributed by atoms with Gasteiger partial charge in [-0.25, -0.2) is 4.79 Å². The summed E-state index contributed by atoms with van der Waals surface area (Å²) in [5, 5.41) is 0. The van der Waals surface area contributed by atoms with Crippen LogP contribution in [0.1, 0.15) is 25.3 Å². The fourth-order valence-corrected chi connectivity index (χ4v) is 4.12. The van der Waals surface area contributed by atoms with Crippen LogP contribution in [0.2, 0.25) is 0 Å². The molecule has 2 atom stereocenters. The molecule has 1 amide bonds. The number of esters is 3. The monoisotopic (exact) mass is 443 g/mol. The number of hydrogen-bond donors (Lipinski definition) is 0. The van der Waals surface area contributed by atoms with Crippen molar-refractivity contribution in [3.05, 3.63) is 60.7 Å². The highest BCUT2D eigenvalue weighted by atomic mass is 16.5. The first kappa shape index (κ1) is 24.8. The molecule has 0 N–H and O–H groups in total. The first-order valence-electron chi connectivity index (χ1n) is 10.4. The predicted molar refractivity (Wildman–Crippen MR) is 116 cm³/mol. The zero-order valence-corrected chi connectivity index (χ0v) is 18.6. The van der Waals surface area contributed by atoms with E-state index in [2.05, 4.69) is 6.58 Å². The summed E-state index contributed by atoms with van der Waals surface area (Å²) in [5.41, 5.74) is -1.39. The summed E-state index contributed by atoms with van der Waals surface area (Å²) < 4.78 is 14.8. The highest BCUT2D eigenvalue weighted by molar-refractivity contribution is 6.21. The van der Waals surface area contributed by atoms with Gasteiger partial charge < -0.3 is 19.1 Å². The highest BCUT2D eigenvalue weighted by Gasteiger charge is 2.69. The van der Waals surface area contributed by atoms with E-state index in [0.717, 1.165) is 19.8 Å². The van der Waals surface area contributed by atoms with Crippen LogP contribution in [0, 0.1) is 11.3 Å². The first-order chi connectivity index (χ1) is 15.4. The molecule has 32 heavy (non-hydrogen) atoms. The lowest BCUT2D eigenvalue weighted by Crippen LogP contribution is -2.51. The Hall–Kier alpha value is -3.42. The Morgan fingerprint density at radius 2 is 1.75 bits per heavy atom. The Balaban J connectivity index is 2.65. The summed E-state index contributed by atoms with van der Waals surface area (Å²) >= 11 is 0. The van der Waals surface area contributed by atoms with Gasteiger partial charge in [0.25, 0.3) is 5.91 Å². The van der Waals surface area contributed by atoms with Gasteiger partial charge in [0.15, 0.2) is 0 Å². The van der Waals surface area contributed by atoms with Crippen molar-refractivity contribution in [1.29, 1.82) is 0 Å². The predicted octanol–water partition coefficient (Wildman–Crippen LogP) is 2.43. The molecule has 2 rings (SSSR count). The minimum atomic E-state index is -2.19. The molecule has 0 spiro atoms. The summed E-state index contributed by atoms with van der Waals surface area (Å²) in [6.07, 6.45) is 5.04. The van der Waals surface area contributed by atoms with Gasteiger partial charge in [-0.2, -0.15) is 0 Å². The van der Waals surface area contributed by atoms with E-state index >= 15 is 0 Å². The average molecular weight is 443 g/mol. The number of carbonyl (C=O) groups is 4. The van der Waals surface area contributed by atoms with Gasteiger partial charge in [-0.05, 0) is 25.3 Å². The quantitative estimate of drug-likeness (QED) is 0.180. The Morgan fingerprint density at radius 3 is 2.28 bits per heavy atom. The van der Waals surface area contributed by atoms with Crippen LogP contribution in [0.25, 0.3) is 0 Å². The molecule has 8 heteroatoms. The van der Waals surface area contributed by atoms with Crippen LogP contribution in [-0.4, -0.2) is 55.6 Å². The Kier molecular flexibility index (Phi) is 8.75. The first-order valence-corrected chi connectivity index (χ1v) is 10.4. The molecule has 172 valence electrons. The van der Waals surface area contributed by atoms with Crippen LogP contribution in [0.5, 0.6) is 0 Å². The summed E-state index contributed by atoms with van der Waals surface area (Å²) in [6, 6.07) is 8.38. The van der Waals surface area contributed by atoms with Crippen LogP contribution >= 0.6 is 0 Å². The second-order valence-corrected chi connectivity index (χ2v) is 7.28. The zero-order chi connectivity index (χ0) is 23.7. The highest BCUT2D eigenvalue weighted by Crippen LogP contribution is 2.47. The standard InChI is InChI=1S/C24H29NO7/c1-5-7-13-18-19(14-15-20(26)32-6-2)25(16-17-11-9-8-10-12-17)21(27)24(18,22(28)30-3)23(29)31-4/h5,8-12,14-15,18-19H,1,6-7,13,16H2,2-4H3/b15-14+/t18-,19-/m1/s1. The van der Waals surface area contributed by atoms with Gasteiger partial charge in [-0.15, -0.1) is 6.58 Å². The lowest BCUT2D eigenvalue weighted by atomic mass is 9.72. The number of hydrogen-bond acceptors (Lipinski definition) is 7. The smallest absolute Gasteiger partial charge is 0.333 e. The van der Waals surface area contributed by atoms with Crippen molar-refractivity contribution in [3.63, 3.8) is 0 Å². The van der Waals surface area contributed by atoms with Crippen LogP contribution in [0.15, 0.2) is 55.1 Å². The lowest BCUT2D eigenvalue weighted by Gasteiger charge is -2.28. The molecule has 1 aliphatic heterocycles. The fourth-order valence-electron chi connectivity index (χ4n) is 4.12. The van der Waals surface area contributed by atoms with Gasteiger partial charge in [0, 0.05) is 18.5 Å². The number of methoxy groups -OCH3 is 2. The second-order valence-electron chi connectivity index (χ2n) is 7.28. The Morgan fingerprint density at radius 1 is 1.12 bits per heavy atom. The molecule has 1 saturated heterocycles. The van der Waals surface area contributed by atoms with E-state index in [4.69, 9.17) is 14.2 Å². The van der Waals surface area contributed by atoms with Crippen LogP contribution in [0.3, 0.4) is 0 Å². The number of rotatable bonds is 10. The van der Waals surface area contributed by atoms with E-state index in [-0.39, 0.29) is 19.6 Å². The Labute approximate surface area is 187 Å². The minimum absolute atomic E-state index is 0.123. The van der Waals surface area contributed by atoms with Gasteiger partial charge in [-0.1, -0.05) is 42.5 Å². The third-order valence-corrected chi connectivity index (χ3v) is 5.53. The minimum Gasteiger partial charge on any atom is -0.468 e. The van der Waals surface area contributed by atoms with Crippen molar-refractivity contribution in [2.45, 2.75) is 32.4 Å². The van der Waals surface area contributed by atoms with Crippen LogP contribution in [0.4, 0.5) is 0 Å². The van der Waals surface area contributed by atoms with E-state index in [9.17, 15) is 19.2 Å². The van der Waals surface area contributed by atoms with E-state index < -0.39 is 41.2 Å². The number of likely N-dealkylation sites (tertiary alicyclic amines) is 1. The number of ether oxygens (including phenoxy) is 3. The maximum absolute atomic E-state index is 13.7. The number of benzene rings is 1. The SMILES string of the molecule is C=CCC[C@@H]1[C@@H](/C=C/C(=O)OCC)N(Cc2ccccc2)C(=O)C1(C(=O)OC)C(=O)OC. The van der Waals surface area contributed by atoms with Gasteiger partial charge in [0.05, 0.1) is 26.9 Å². The van der Waals surface area contributed by atoms with Crippen molar-refractivity contribution in [3.8, 4) is 0 Å². The largest absolute Gasteiger partial charge is 0.468 e. The molecule has 8 nitrogen and oxygen atoms in total. The number of allylic oxidation sites excluding steroid dienone is 1. The van der Waals surface area contributed by atoms with Crippen molar-refractivity contribution < 1.29 is 33.4 Å². The van der Waals surface area contributed by atoms with E-state index in [1.54, 1.807) is 13.0 Å². The van der Waals surface area contributed by atoms with Gasteiger partial charge in [-0.3, -0.25) is 14.4 Å². The maximum atomic E-state index is 13.7.